The Morgan fingerprint density at radius 2 is 1.89 bits per heavy atom. The Balaban J connectivity index is 2.16. The molecule has 0 amide bonds. The van der Waals surface area contributed by atoms with Crippen LogP contribution in [0.15, 0.2) is 48.5 Å². The van der Waals surface area contributed by atoms with Gasteiger partial charge in [-0.25, -0.2) is 0 Å². The first kappa shape index (κ1) is 11.7. The molecule has 94 valence electrons. The van der Waals surface area contributed by atoms with Gasteiger partial charge in [-0.15, -0.1) is 0 Å². The quantitative estimate of drug-likeness (QED) is 0.555. The number of non-ortho nitro benzene ring substituents is 1. The highest BCUT2D eigenvalue weighted by atomic mass is 35.5. The number of benzene rings is 2. The lowest BCUT2D eigenvalue weighted by Gasteiger charge is -1.97. The molecule has 0 saturated carbocycles. The van der Waals surface area contributed by atoms with Crippen molar-refractivity contribution >= 4 is 28.2 Å². The van der Waals surface area contributed by atoms with E-state index in [0.29, 0.717) is 5.02 Å². The van der Waals surface area contributed by atoms with Crippen molar-refractivity contribution in [2.24, 2.45) is 0 Å². The maximum absolute atomic E-state index is 10.8. The minimum absolute atomic E-state index is 0.0715. The molecule has 1 aromatic heterocycles. The van der Waals surface area contributed by atoms with E-state index in [-0.39, 0.29) is 5.69 Å². The molecule has 0 spiro atoms. The molecule has 1 N–H and O–H groups in total. The Bertz CT molecular complexity index is 780. The number of fused-ring (bicyclic) bond motifs is 1. The van der Waals surface area contributed by atoms with Crippen molar-refractivity contribution in [3.05, 3.63) is 63.7 Å². The second-order valence-corrected chi connectivity index (χ2v) is 4.60. The summed E-state index contributed by atoms with van der Waals surface area (Å²) in [6.45, 7) is 0. The summed E-state index contributed by atoms with van der Waals surface area (Å²) in [5.74, 6) is 0. The van der Waals surface area contributed by atoms with Crippen molar-refractivity contribution in [2.75, 3.05) is 0 Å². The van der Waals surface area contributed by atoms with Crippen LogP contribution in [0.2, 0.25) is 5.02 Å². The van der Waals surface area contributed by atoms with E-state index in [1.165, 1.54) is 6.07 Å². The standard InChI is InChI=1S/C14H9ClN2O2/c15-12-5-2-6-13-11(12)8-14(16-13)9-3-1-4-10(7-9)17(18)19/h1-8,16H. The average molecular weight is 273 g/mol. The van der Waals surface area contributed by atoms with Crippen molar-refractivity contribution in [1.29, 1.82) is 0 Å². The summed E-state index contributed by atoms with van der Waals surface area (Å²) in [6.07, 6.45) is 0. The fraction of sp³-hybridized carbons (Fsp3) is 0. The molecular formula is C14H9ClN2O2. The maximum Gasteiger partial charge on any atom is 0.270 e. The second-order valence-electron chi connectivity index (χ2n) is 4.19. The fourth-order valence-corrected chi connectivity index (χ4v) is 2.29. The van der Waals surface area contributed by atoms with E-state index in [9.17, 15) is 10.1 Å². The third kappa shape index (κ3) is 2.06. The number of hydrogen-bond donors (Lipinski definition) is 1. The zero-order chi connectivity index (χ0) is 13.4. The zero-order valence-corrected chi connectivity index (χ0v) is 10.5. The van der Waals surface area contributed by atoms with Crippen LogP contribution < -0.4 is 0 Å². The van der Waals surface area contributed by atoms with Gasteiger partial charge in [0, 0.05) is 39.3 Å². The smallest absolute Gasteiger partial charge is 0.270 e. The van der Waals surface area contributed by atoms with Crippen molar-refractivity contribution in [3.63, 3.8) is 0 Å². The third-order valence-corrected chi connectivity index (χ3v) is 3.31. The van der Waals surface area contributed by atoms with Gasteiger partial charge >= 0.3 is 0 Å². The molecule has 0 aliphatic carbocycles. The summed E-state index contributed by atoms with van der Waals surface area (Å²) >= 11 is 6.11. The third-order valence-electron chi connectivity index (χ3n) is 2.98. The molecule has 0 fully saturated rings. The number of aromatic nitrogens is 1. The van der Waals surface area contributed by atoms with Gasteiger partial charge < -0.3 is 4.98 Å². The first-order valence-corrected chi connectivity index (χ1v) is 6.05. The van der Waals surface area contributed by atoms with E-state index in [1.54, 1.807) is 12.1 Å². The van der Waals surface area contributed by atoms with Crippen molar-refractivity contribution in [3.8, 4) is 11.3 Å². The van der Waals surface area contributed by atoms with Crippen molar-refractivity contribution < 1.29 is 4.92 Å². The van der Waals surface area contributed by atoms with Gasteiger partial charge in [0.15, 0.2) is 0 Å². The SMILES string of the molecule is O=[N+]([O-])c1cccc(-c2cc3c(Cl)cccc3[nH]2)c1. The Kier molecular flexibility index (Phi) is 2.72. The molecule has 3 rings (SSSR count). The monoisotopic (exact) mass is 272 g/mol. The lowest BCUT2D eigenvalue weighted by Crippen LogP contribution is -1.87. The molecule has 0 atom stereocenters. The summed E-state index contributed by atoms with van der Waals surface area (Å²) in [6, 6.07) is 14.0. The molecule has 0 saturated heterocycles. The van der Waals surface area contributed by atoms with E-state index in [0.717, 1.165) is 22.2 Å². The molecule has 0 radical (unpaired) electrons. The number of halogens is 1. The van der Waals surface area contributed by atoms with Gasteiger partial charge in [-0.1, -0.05) is 29.8 Å². The topological polar surface area (TPSA) is 58.9 Å². The van der Waals surface area contributed by atoms with Crippen LogP contribution in [0.5, 0.6) is 0 Å². The molecular weight excluding hydrogens is 264 g/mol. The average Bonchev–Trinajstić information content (AvgIpc) is 2.84. The number of rotatable bonds is 2. The maximum atomic E-state index is 10.8. The second kappa shape index (κ2) is 4.40. The molecule has 4 nitrogen and oxygen atoms in total. The summed E-state index contributed by atoms with van der Waals surface area (Å²) in [5, 5.41) is 12.4. The van der Waals surface area contributed by atoms with Crippen LogP contribution in [0.3, 0.4) is 0 Å². The molecule has 0 unspecified atom stereocenters. The number of H-pyrrole nitrogens is 1. The highest BCUT2D eigenvalue weighted by Crippen LogP contribution is 2.30. The lowest BCUT2D eigenvalue weighted by atomic mass is 10.1. The predicted molar refractivity (Wildman–Crippen MR) is 75.4 cm³/mol. The van der Waals surface area contributed by atoms with E-state index in [1.807, 2.05) is 30.3 Å². The zero-order valence-electron chi connectivity index (χ0n) is 9.76. The predicted octanol–water partition coefficient (Wildman–Crippen LogP) is 4.40. The number of hydrogen-bond acceptors (Lipinski definition) is 2. The van der Waals surface area contributed by atoms with Gasteiger partial charge in [-0.05, 0) is 18.2 Å². The summed E-state index contributed by atoms with van der Waals surface area (Å²) in [5.41, 5.74) is 2.56. The number of nitro groups is 1. The Morgan fingerprint density at radius 1 is 1.11 bits per heavy atom. The van der Waals surface area contributed by atoms with Gasteiger partial charge in [-0.2, -0.15) is 0 Å². The fourth-order valence-electron chi connectivity index (χ4n) is 2.06. The van der Waals surface area contributed by atoms with Gasteiger partial charge in [0.05, 0.1) is 4.92 Å². The van der Waals surface area contributed by atoms with Gasteiger partial charge in [0.1, 0.15) is 0 Å². The van der Waals surface area contributed by atoms with E-state index in [4.69, 9.17) is 11.6 Å². The summed E-state index contributed by atoms with van der Waals surface area (Å²) in [7, 11) is 0. The van der Waals surface area contributed by atoms with Crippen molar-refractivity contribution in [2.45, 2.75) is 0 Å². The van der Waals surface area contributed by atoms with E-state index in [2.05, 4.69) is 4.98 Å². The lowest BCUT2D eigenvalue weighted by molar-refractivity contribution is -0.384. The Labute approximate surface area is 113 Å². The van der Waals surface area contributed by atoms with Crippen LogP contribution in [0.1, 0.15) is 0 Å². The summed E-state index contributed by atoms with van der Waals surface area (Å²) in [4.78, 5) is 13.6. The number of nitrogens with one attached hydrogen (secondary N) is 1. The van der Waals surface area contributed by atoms with Crippen LogP contribution in [-0.4, -0.2) is 9.91 Å². The molecule has 1 heterocycles. The van der Waals surface area contributed by atoms with E-state index < -0.39 is 4.92 Å². The van der Waals surface area contributed by atoms with Gasteiger partial charge in [0.2, 0.25) is 0 Å². The molecule has 3 aromatic rings. The number of nitrogens with zero attached hydrogens (tertiary/aromatic N) is 1. The molecule has 0 bridgehead atoms. The normalized spacial score (nSPS) is 10.8. The number of nitro benzene ring substituents is 1. The first-order valence-electron chi connectivity index (χ1n) is 5.67. The molecule has 0 aliphatic rings. The number of aromatic amines is 1. The highest BCUT2D eigenvalue weighted by Gasteiger charge is 2.10. The minimum atomic E-state index is -0.404. The van der Waals surface area contributed by atoms with Gasteiger partial charge in [-0.3, -0.25) is 10.1 Å². The Morgan fingerprint density at radius 3 is 2.63 bits per heavy atom. The largest absolute Gasteiger partial charge is 0.354 e. The van der Waals surface area contributed by atoms with Crippen LogP contribution in [-0.2, 0) is 0 Å². The Hall–Kier alpha value is -2.33. The van der Waals surface area contributed by atoms with Crippen LogP contribution >= 0.6 is 11.6 Å². The molecule has 5 heteroatoms. The summed E-state index contributed by atoms with van der Waals surface area (Å²) < 4.78 is 0. The minimum Gasteiger partial charge on any atom is -0.354 e. The van der Waals surface area contributed by atoms with Crippen LogP contribution in [0, 0.1) is 10.1 Å². The van der Waals surface area contributed by atoms with Crippen molar-refractivity contribution in [1.82, 2.24) is 4.98 Å². The van der Waals surface area contributed by atoms with Crippen LogP contribution in [0.4, 0.5) is 5.69 Å². The molecule has 0 aliphatic heterocycles. The molecule has 2 aromatic carbocycles. The molecule has 19 heavy (non-hydrogen) atoms. The van der Waals surface area contributed by atoms with E-state index >= 15 is 0 Å². The van der Waals surface area contributed by atoms with Crippen LogP contribution in [0.25, 0.3) is 22.2 Å². The highest BCUT2D eigenvalue weighted by molar-refractivity contribution is 6.35. The van der Waals surface area contributed by atoms with Gasteiger partial charge in [0.25, 0.3) is 5.69 Å². The first-order chi connectivity index (χ1) is 9.15.